The maximum atomic E-state index is 13.8. The van der Waals surface area contributed by atoms with Gasteiger partial charge < -0.3 is 71.1 Å². The van der Waals surface area contributed by atoms with E-state index in [1.807, 2.05) is 136 Å². The van der Waals surface area contributed by atoms with Crippen LogP contribution in [0.1, 0.15) is 67.6 Å². The Morgan fingerprint density at radius 1 is 0.462 bits per heavy atom. The highest BCUT2D eigenvalue weighted by atomic mass is 127. The molecule has 364 valence electrons. The van der Waals surface area contributed by atoms with Crippen LogP contribution < -0.4 is 10.6 Å². The van der Waals surface area contributed by atoms with E-state index in [0.29, 0.717) is 0 Å². The van der Waals surface area contributed by atoms with E-state index in [2.05, 4.69) is 10.6 Å². The van der Waals surface area contributed by atoms with Crippen LogP contribution in [0.15, 0.2) is 0 Å². The summed E-state index contributed by atoms with van der Waals surface area (Å²) in [6.45, 7) is -1.66. The monoisotopic (exact) mass is 1590 g/mol. The van der Waals surface area contributed by atoms with Crippen LogP contribution in [0.3, 0.4) is 0 Å². The van der Waals surface area contributed by atoms with Crippen LogP contribution in [0.25, 0.3) is 0 Å². The fraction of sp³-hybridized carbons (Fsp3) is 0.538. The Hall–Kier alpha value is -0.680. The second-order valence-corrected chi connectivity index (χ2v) is 21.6. The van der Waals surface area contributed by atoms with Gasteiger partial charge in [0.15, 0.2) is 0 Å². The number of nitrogens with zero attached hydrogens (tertiary/aromatic N) is 4. The number of carbonyl (C=O) groups is 6. The number of halogens is 6. The average molecular weight is 1590 g/mol. The molecular weight excluding hydrogens is 1540 g/mol. The summed E-state index contributed by atoms with van der Waals surface area (Å²) in [6, 6.07) is 0. The standard InChI is InChI=1S/C39H52I6N6O14/c1-17(8-23(61)47-35-32(44)26(38(64)50(4)11-20(58)15-54)29(41)27(33(35)45)39(65)51(5)12-21(59)16-55)6-7-22(60)46-34-30(42)24(36(62)48(2)9-18(56)13-52)28(40)25(31(34)43)37(63)49(3)10-19(57)14-53/h17-21,52-59H,6-16H2,1-5H3,(H,46,60)(H,47,61). The highest BCUT2D eigenvalue weighted by Crippen LogP contribution is 2.39. The Labute approximate surface area is 457 Å². The average Bonchev–Trinajstić information content (AvgIpc) is 3.25. The van der Waals surface area contributed by atoms with Gasteiger partial charge in [0.05, 0.1) is 98.8 Å². The minimum Gasteiger partial charge on any atom is -0.394 e. The Kier molecular flexibility index (Phi) is 26.3. The molecule has 0 radical (unpaired) electrons. The molecule has 0 aliphatic carbocycles. The zero-order chi connectivity index (χ0) is 49.8. The summed E-state index contributed by atoms with van der Waals surface area (Å²) >= 11 is 11.2. The molecule has 2 aromatic carbocycles. The molecule has 65 heavy (non-hydrogen) atoms. The molecule has 5 unspecified atom stereocenters. The topological polar surface area (TPSA) is 301 Å². The molecule has 0 saturated carbocycles. The van der Waals surface area contributed by atoms with Crippen molar-refractivity contribution in [2.24, 2.45) is 5.92 Å². The number of hydrogen-bond acceptors (Lipinski definition) is 14. The van der Waals surface area contributed by atoms with Crippen molar-refractivity contribution in [3.8, 4) is 0 Å². The lowest BCUT2D eigenvalue weighted by Crippen LogP contribution is -2.39. The normalized spacial score (nSPS) is 13.6. The Balaban J connectivity index is 2.48. The van der Waals surface area contributed by atoms with Gasteiger partial charge in [0.25, 0.3) is 23.6 Å². The van der Waals surface area contributed by atoms with E-state index < -0.39 is 92.2 Å². The van der Waals surface area contributed by atoms with Crippen LogP contribution >= 0.6 is 136 Å². The Bertz CT molecular complexity index is 1970. The molecule has 5 atom stereocenters. The zero-order valence-corrected chi connectivity index (χ0v) is 48.7. The number of likely N-dealkylation sites (N-methyl/N-ethyl adjacent to an activating group) is 4. The maximum absolute atomic E-state index is 13.8. The molecule has 20 nitrogen and oxygen atoms in total. The number of amides is 6. The van der Waals surface area contributed by atoms with Crippen LogP contribution in [0, 0.1) is 27.3 Å². The molecule has 2 rings (SSSR count). The maximum Gasteiger partial charge on any atom is 0.255 e. The molecule has 0 bridgehead atoms. The Morgan fingerprint density at radius 3 is 0.954 bits per heavy atom. The number of rotatable bonds is 23. The highest BCUT2D eigenvalue weighted by molar-refractivity contribution is 14.1. The molecule has 0 aliphatic rings. The van der Waals surface area contributed by atoms with Crippen molar-refractivity contribution in [2.45, 2.75) is 50.6 Å². The molecule has 26 heteroatoms. The number of hydrogen-bond donors (Lipinski definition) is 10. The van der Waals surface area contributed by atoms with Crippen molar-refractivity contribution in [3.63, 3.8) is 0 Å². The lowest BCUT2D eigenvalue weighted by molar-refractivity contribution is -0.118. The summed E-state index contributed by atoms with van der Waals surface area (Å²) in [6.07, 6.45) is -5.04. The molecular formula is C39H52I6N6O14. The second kappa shape index (κ2) is 28.2. The molecule has 0 aliphatic heterocycles. The van der Waals surface area contributed by atoms with E-state index in [9.17, 15) is 69.6 Å². The molecule has 10 N–H and O–H groups in total. The van der Waals surface area contributed by atoms with Gasteiger partial charge in [0.1, 0.15) is 0 Å². The van der Waals surface area contributed by atoms with Crippen LogP contribution in [0.5, 0.6) is 0 Å². The molecule has 0 aromatic heterocycles. The summed E-state index contributed by atoms with van der Waals surface area (Å²) in [5, 5.41) is 83.3. The summed E-state index contributed by atoms with van der Waals surface area (Å²) in [4.78, 5) is 87.3. The van der Waals surface area contributed by atoms with Crippen molar-refractivity contribution in [3.05, 3.63) is 43.7 Å². The molecule has 6 amide bonds. The predicted molar refractivity (Wildman–Crippen MR) is 290 cm³/mol. The number of benzene rings is 2. The highest BCUT2D eigenvalue weighted by Gasteiger charge is 2.34. The predicted octanol–water partition coefficient (Wildman–Crippen LogP) is 1.40. The molecule has 2 aromatic rings. The third-order valence-electron chi connectivity index (χ3n) is 9.58. The van der Waals surface area contributed by atoms with E-state index in [1.54, 1.807) is 6.92 Å². The minimum atomic E-state index is -1.25. The lowest BCUT2D eigenvalue weighted by Gasteiger charge is -2.26. The van der Waals surface area contributed by atoms with E-state index >= 15 is 0 Å². The van der Waals surface area contributed by atoms with Crippen molar-refractivity contribution < 1.29 is 69.6 Å². The number of nitrogens with one attached hydrogen (secondary N) is 2. The first-order chi connectivity index (χ1) is 30.3. The van der Waals surface area contributed by atoms with Crippen LogP contribution in [-0.2, 0) is 9.59 Å². The number of anilines is 2. The van der Waals surface area contributed by atoms with Crippen molar-refractivity contribution >= 4 is 182 Å². The fourth-order valence-electron chi connectivity index (χ4n) is 6.08. The van der Waals surface area contributed by atoms with Gasteiger partial charge in [-0.25, -0.2) is 0 Å². The third kappa shape index (κ3) is 16.4. The smallest absolute Gasteiger partial charge is 0.255 e. The Morgan fingerprint density at radius 2 is 0.708 bits per heavy atom. The summed E-state index contributed by atoms with van der Waals surface area (Å²) in [5.41, 5.74) is 0.448. The van der Waals surface area contributed by atoms with Gasteiger partial charge in [-0.1, -0.05) is 6.92 Å². The van der Waals surface area contributed by atoms with Crippen LogP contribution in [0.2, 0.25) is 0 Å². The SMILES string of the molecule is CC(CCC(=O)Nc1c(I)c(C(=O)N(C)CC(O)CO)c(I)c(C(=O)N(C)CC(O)CO)c1I)CC(=O)Nc1c(I)c(C(=O)N(C)CC(O)CO)c(I)c(C(=O)N(C)CC(O)CO)c1I. The lowest BCUT2D eigenvalue weighted by atomic mass is 10.0. The summed E-state index contributed by atoms with van der Waals surface area (Å²) in [5.74, 6) is -3.91. The number of carbonyl (C=O) groups excluding carboxylic acids is 6. The molecule has 0 saturated heterocycles. The van der Waals surface area contributed by atoms with Gasteiger partial charge in [-0.2, -0.15) is 0 Å². The first-order valence-corrected chi connectivity index (χ1v) is 25.9. The second-order valence-electron chi connectivity index (χ2n) is 15.2. The van der Waals surface area contributed by atoms with Crippen molar-refractivity contribution in [2.75, 3.05) is 91.4 Å². The van der Waals surface area contributed by atoms with Crippen molar-refractivity contribution in [1.29, 1.82) is 0 Å². The number of aliphatic hydroxyl groups excluding tert-OH is 8. The molecule has 0 spiro atoms. The van der Waals surface area contributed by atoms with E-state index in [-0.39, 0.29) is 100 Å². The number of aliphatic hydroxyl groups is 8. The quantitative estimate of drug-likeness (QED) is 0.0705. The van der Waals surface area contributed by atoms with Gasteiger partial charge in [-0.05, 0) is 148 Å². The summed E-state index contributed by atoms with van der Waals surface area (Å²) in [7, 11) is 5.62. The van der Waals surface area contributed by atoms with E-state index in [1.165, 1.54) is 47.8 Å². The largest absolute Gasteiger partial charge is 0.394 e. The van der Waals surface area contributed by atoms with Gasteiger partial charge in [-0.15, -0.1) is 0 Å². The third-order valence-corrected chi connectivity index (χ3v) is 16.1. The summed E-state index contributed by atoms with van der Waals surface area (Å²) < 4.78 is 1.59. The first kappa shape index (κ1) is 60.4. The van der Waals surface area contributed by atoms with Crippen LogP contribution in [0.4, 0.5) is 11.4 Å². The van der Waals surface area contributed by atoms with Gasteiger partial charge in [0.2, 0.25) is 11.8 Å². The van der Waals surface area contributed by atoms with Gasteiger partial charge in [-0.3, -0.25) is 28.8 Å². The van der Waals surface area contributed by atoms with Crippen molar-refractivity contribution in [1.82, 2.24) is 19.6 Å². The van der Waals surface area contributed by atoms with E-state index in [0.717, 1.165) is 0 Å². The van der Waals surface area contributed by atoms with E-state index in [4.69, 9.17) is 0 Å². The van der Waals surface area contributed by atoms with Crippen LogP contribution in [-0.4, -0.2) is 201 Å². The fourth-order valence-corrected chi connectivity index (χ4v) is 14.8. The molecule has 0 fully saturated rings. The van der Waals surface area contributed by atoms with Gasteiger partial charge in [0, 0.05) is 74.4 Å². The zero-order valence-electron chi connectivity index (χ0n) is 35.7. The van der Waals surface area contributed by atoms with Gasteiger partial charge >= 0.3 is 0 Å². The first-order valence-electron chi connectivity index (χ1n) is 19.5. The minimum absolute atomic E-state index is 0.0390. The molecule has 0 heterocycles.